The van der Waals surface area contributed by atoms with E-state index >= 15 is 0 Å². The highest BCUT2D eigenvalue weighted by molar-refractivity contribution is 7.92. The van der Waals surface area contributed by atoms with Crippen molar-refractivity contribution in [1.29, 1.82) is 0 Å². The van der Waals surface area contributed by atoms with Crippen LogP contribution in [0.5, 0.6) is 0 Å². The van der Waals surface area contributed by atoms with Gasteiger partial charge in [0.2, 0.25) is 0 Å². The zero-order valence-corrected chi connectivity index (χ0v) is 13.9. The van der Waals surface area contributed by atoms with Gasteiger partial charge in [-0.2, -0.15) is 0 Å². The van der Waals surface area contributed by atoms with Gasteiger partial charge in [-0.15, -0.1) is 0 Å². The van der Waals surface area contributed by atoms with Crippen molar-refractivity contribution in [2.45, 2.75) is 11.8 Å². The molecular formula is C13H11Cl3N2O2S. The average molecular weight is 366 g/mol. The molecule has 21 heavy (non-hydrogen) atoms. The summed E-state index contributed by atoms with van der Waals surface area (Å²) in [5.74, 6) is 0. The summed E-state index contributed by atoms with van der Waals surface area (Å²) in [7, 11) is -3.83. The van der Waals surface area contributed by atoms with Gasteiger partial charge in [0.05, 0.1) is 25.7 Å². The van der Waals surface area contributed by atoms with E-state index in [1.165, 1.54) is 18.2 Å². The number of sulfonamides is 1. The maximum absolute atomic E-state index is 12.4. The normalized spacial score (nSPS) is 11.4. The van der Waals surface area contributed by atoms with Gasteiger partial charge in [-0.3, -0.25) is 4.72 Å². The number of hydrogen-bond donors (Lipinski definition) is 2. The topological polar surface area (TPSA) is 72.2 Å². The third-order valence-electron chi connectivity index (χ3n) is 2.87. The highest BCUT2D eigenvalue weighted by atomic mass is 35.5. The molecule has 0 bridgehead atoms. The Morgan fingerprint density at radius 3 is 2.33 bits per heavy atom. The van der Waals surface area contributed by atoms with Crippen LogP contribution < -0.4 is 10.5 Å². The Hall–Kier alpha value is -1.14. The van der Waals surface area contributed by atoms with Crippen molar-refractivity contribution >= 4 is 56.2 Å². The summed E-state index contributed by atoms with van der Waals surface area (Å²) in [6, 6.07) is 7.37. The molecule has 4 nitrogen and oxygen atoms in total. The molecule has 0 heterocycles. The summed E-state index contributed by atoms with van der Waals surface area (Å²) in [6.07, 6.45) is 0. The van der Waals surface area contributed by atoms with Crippen LogP contribution in [0.15, 0.2) is 35.2 Å². The second kappa shape index (κ2) is 5.93. The third-order valence-corrected chi connectivity index (χ3v) is 5.41. The second-order valence-electron chi connectivity index (χ2n) is 4.32. The monoisotopic (exact) mass is 364 g/mol. The lowest BCUT2D eigenvalue weighted by atomic mass is 10.2. The van der Waals surface area contributed by atoms with E-state index in [9.17, 15) is 8.42 Å². The number of nitrogens with one attached hydrogen (secondary N) is 1. The Labute approximate surface area is 137 Å². The largest absolute Gasteiger partial charge is 0.398 e. The van der Waals surface area contributed by atoms with Gasteiger partial charge in [0.25, 0.3) is 10.0 Å². The van der Waals surface area contributed by atoms with E-state index in [1.54, 1.807) is 19.1 Å². The predicted octanol–water partition coefficient (Wildman–Crippen LogP) is 4.34. The molecule has 0 aliphatic carbocycles. The summed E-state index contributed by atoms with van der Waals surface area (Å²) in [6.45, 7) is 1.63. The molecule has 2 aromatic rings. The van der Waals surface area contributed by atoms with Crippen molar-refractivity contribution in [3.8, 4) is 0 Å². The first kappa shape index (κ1) is 16.2. The predicted molar refractivity (Wildman–Crippen MR) is 87.9 cm³/mol. The maximum atomic E-state index is 12.4. The maximum Gasteiger partial charge on any atom is 0.262 e. The van der Waals surface area contributed by atoms with Crippen LogP contribution in [0.4, 0.5) is 11.4 Å². The number of benzene rings is 2. The van der Waals surface area contributed by atoms with Crippen LogP contribution in [-0.4, -0.2) is 8.42 Å². The number of hydrogen-bond acceptors (Lipinski definition) is 3. The molecule has 0 amide bonds. The summed E-state index contributed by atoms with van der Waals surface area (Å²) < 4.78 is 27.2. The van der Waals surface area contributed by atoms with E-state index in [4.69, 9.17) is 40.5 Å². The van der Waals surface area contributed by atoms with Gasteiger partial charge in [-0.05, 0) is 36.8 Å². The molecule has 8 heteroatoms. The Kier molecular flexibility index (Phi) is 4.58. The SMILES string of the molecule is Cc1c(N)cccc1S(=O)(=O)Nc1cc(Cl)c(Cl)cc1Cl. The first-order valence-corrected chi connectivity index (χ1v) is 8.36. The molecule has 0 unspecified atom stereocenters. The molecular weight excluding hydrogens is 355 g/mol. The van der Waals surface area contributed by atoms with E-state index in [0.29, 0.717) is 11.3 Å². The molecule has 0 atom stereocenters. The molecule has 0 saturated carbocycles. The summed E-state index contributed by atoms with van der Waals surface area (Å²) in [5, 5.41) is 0.586. The molecule has 0 spiro atoms. The molecule has 0 radical (unpaired) electrons. The smallest absolute Gasteiger partial charge is 0.262 e. The Balaban J connectivity index is 2.47. The van der Waals surface area contributed by atoms with E-state index in [2.05, 4.69) is 4.72 Å². The van der Waals surface area contributed by atoms with Crippen LogP contribution in [0.2, 0.25) is 15.1 Å². The van der Waals surface area contributed by atoms with Gasteiger partial charge < -0.3 is 5.73 Å². The molecule has 112 valence electrons. The first-order chi connectivity index (χ1) is 9.72. The van der Waals surface area contributed by atoms with Crippen LogP contribution >= 0.6 is 34.8 Å². The highest BCUT2D eigenvalue weighted by Gasteiger charge is 2.19. The van der Waals surface area contributed by atoms with Crippen LogP contribution in [0.3, 0.4) is 0 Å². The van der Waals surface area contributed by atoms with Gasteiger partial charge in [0, 0.05) is 5.69 Å². The minimum atomic E-state index is -3.83. The summed E-state index contributed by atoms with van der Waals surface area (Å²) >= 11 is 17.7. The number of anilines is 2. The minimum Gasteiger partial charge on any atom is -0.398 e. The summed E-state index contributed by atoms with van der Waals surface area (Å²) in [5.41, 5.74) is 6.72. The van der Waals surface area contributed by atoms with E-state index in [0.717, 1.165) is 0 Å². The highest BCUT2D eigenvalue weighted by Crippen LogP contribution is 2.34. The van der Waals surface area contributed by atoms with Gasteiger partial charge in [-0.1, -0.05) is 40.9 Å². The average Bonchev–Trinajstić information content (AvgIpc) is 2.38. The van der Waals surface area contributed by atoms with E-state index < -0.39 is 10.0 Å². The molecule has 0 saturated heterocycles. The van der Waals surface area contributed by atoms with Gasteiger partial charge >= 0.3 is 0 Å². The lowest BCUT2D eigenvalue weighted by molar-refractivity contribution is 0.600. The zero-order valence-electron chi connectivity index (χ0n) is 10.8. The number of rotatable bonds is 3. The Morgan fingerprint density at radius 2 is 1.67 bits per heavy atom. The molecule has 0 aromatic heterocycles. The van der Waals surface area contributed by atoms with Crippen molar-refractivity contribution < 1.29 is 8.42 Å². The number of nitrogen functional groups attached to an aromatic ring is 1. The van der Waals surface area contributed by atoms with E-state index in [-0.39, 0.29) is 25.7 Å². The van der Waals surface area contributed by atoms with Gasteiger partial charge in [-0.25, -0.2) is 8.42 Å². The van der Waals surface area contributed by atoms with Crippen LogP contribution in [0.1, 0.15) is 5.56 Å². The van der Waals surface area contributed by atoms with Crippen LogP contribution in [-0.2, 0) is 10.0 Å². The molecule has 2 rings (SSSR count). The second-order valence-corrected chi connectivity index (χ2v) is 7.19. The molecule has 0 aliphatic rings. The lowest BCUT2D eigenvalue weighted by Crippen LogP contribution is -2.15. The fourth-order valence-electron chi connectivity index (χ4n) is 1.72. The summed E-state index contributed by atoms with van der Waals surface area (Å²) in [4.78, 5) is 0.0737. The standard InChI is InChI=1S/C13H11Cl3N2O2S/c1-7-11(17)3-2-4-13(7)21(19,20)18-12-6-9(15)8(14)5-10(12)16/h2-6,18H,17H2,1H3. The van der Waals surface area contributed by atoms with Crippen molar-refractivity contribution in [1.82, 2.24) is 0 Å². The first-order valence-electron chi connectivity index (χ1n) is 5.75. The molecule has 3 N–H and O–H groups in total. The van der Waals surface area contributed by atoms with Crippen LogP contribution in [0, 0.1) is 6.92 Å². The zero-order chi connectivity index (χ0) is 15.8. The fourth-order valence-corrected chi connectivity index (χ4v) is 3.72. The quantitative estimate of drug-likeness (QED) is 0.628. The van der Waals surface area contributed by atoms with Crippen molar-refractivity contribution in [3.05, 3.63) is 51.0 Å². The van der Waals surface area contributed by atoms with Crippen molar-refractivity contribution in [2.75, 3.05) is 10.5 Å². The van der Waals surface area contributed by atoms with Gasteiger partial charge in [0.15, 0.2) is 0 Å². The van der Waals surface area contributed by atoms with Gasteiger partial charge in [0.1, 0.15) is 0 Å². The van der Waals surface area contributed by atoms with Crippen LogP contribution in [0.25, 0.3) is 0 Å². The molecule has 2 aromatic carbocycles. The lowest BCUT2D eigenvalue weighted by Gasteiger charge is -2.13. The number of halogens is 3. The van der Waals surface area contributed by atoms with Crippen molar-refractivity contribution in [2.24, 2.45) is 0 Å². The van der Waals surface area contributed by atoms with E-state index in [1.807, 2.05) is 0 Å². The Morgan fingerprint density at radius 1 is 1.05 bits per heavy atom. The Bertz CT molecular complexity index is 807. The van der Waals surface area contributed by atoms with Crippen molar-refractivity contribution in [3.63, 3.8) is 0 Å². The minimum absolute atomic E-state index is 0.0737. The molecule has 0 aliphatic heterocycles. The third kappa shape index (κ3) is 3.37. The fraction of sp³-hybridized carbons (Fsp3) is 0.0769. The molecule has 0 fully saturated rings. The number of nitrogens with two attached hydrogens (primary N) is 1.